The van der Waals surface area contributed by atoms with E-state index in [1.54, 1.807) is 41.5 Å². The molecule has 0 aromatic heterocycles. The Bertz CT molecular complexity index is 570. The fraction of sp³-hybridized carbons (Fsp3) is 0.778. The first kappa shape index (κ1) is 24.0. The van der Waals surface area contributed by atoms with Crippen LogP contribution in [-0.2, 0) is 19.1 Å². The summed E-state index contributed by atoms with van der Waals surface area (Å²) >= 11 is 5.30. The van der Waals surface area contributed by atoms with Gasteiger partial charge in [0.1, 0.15) is 23.3 Å². The van der Waals surface area contributed by atoms with Crippen molar-refractivity contribution >= 4 is 35.0 Å². The number of carboxylic acids is 1. The van der Waals surface area contributed by atoms with Crippen LogP contribution in [0.2, 0.25) is 0 Å². The molecule has 2 aliphatic rings. The summed E-state index contributed by atoms with van der Waals surface area (Å²) in [7, 11) is 0. The van der Waals surface area contributed by atoms with Crippen molar-refractivity contribution in [3.63, 3.8) is 0 Å². The van der Waals surface area contributed by atoms with Crippen LogP contribution in [0, 0.1) is 0 Å². The van der Waals surface area contributed by atoms with Gasteiger partial charge in [0.05, 0.1) is 0 Å². The molecule has 0 aliphatic carbocycles. The van der Waals surface area contributed by atoms with E-state index in [2.05, 4.69) is 0 Å². The number of carbonyl (C=O) groups excluding carboxylic acids is 3. The van der Waals surface area contributed by atoms with Crippen molar-refractivity contribution in [2.75, 3.05) is 13.1 Å². The van der Waals surface area contributed by atoms with Gasteiger partial charge in [-0.2, -0.15) is 0 Å². The van der Waals surface area contributed by atoms with Gasteiger partial charge in [-0.25, -0.2) is 14.4 Å². The predicted octanol–water partition coefficient (Wildman–Crippen LogP) is 2.84. The van der Waals surface area contributed by atoms with Gasteiger partial charge >= 0.3 is 18.2 Å². The summed E-state index contributed by atoms with van der Waals surface area (Å²) in [6.45, 7) is 11.6. The van der Waals surface area contributed by atoms with E-state index in [9.17, 15) is 19.2 Å². The minimum atomic E-state index is -0.970. The van der Waals surface area contributed by atoms with Crippen LogP contribution in [0.25, 0.3) is 0 Å². The number of carboxylic acid groups (broad SMARTS) is 1. The lowest BCUT2D eigenvalue weighted by Crippen LogP contribution is -2.56. The number of carbonyl (C=O) groups is 4. The first-order chi connectivity index (χ1) is 12.6. The Labute approximate surface area is 169 Å². The fourth-order valence-corrected chi connectivity index (χ4v) is 2.57. The van der Waals surface area contributed by atoms with Gasteiger partial charge in [-0.1, -0.05) is 0 Å². The number of likely N-dealkylation sites (tertiary alicyclic amines) is 2. The Morgan fingerprint density at radius 3 is 1.39 bits per heavy atom. The third-order valence-corrected chi connectivity index (χ3v) is 4.09. The van der Waals surface area contributed by atoms with E-state index < -0.39 is 46.7 Å². The van der Waals surface area contributed by atoms with Crippen molar-refractivity contribution in [3.8, 4) is 0 Å². The highest BCUT2D eigenvalue weighted by Crippen LogP contribution is 2.23. The lowest BCUT2D eigenvalue weighted by Gasteiger charge is -2.38. The molecule has 1 N–H and O–H groups in total. The van der Waals surface area contributed by atoms with E-state index in [1.165, 1.54) is 9.80 Å². The minimum absolute atomic E-state index is 0.464. The Kier molecular flexibility index (Phi) is 7.70. The second kappa shape index (κ2) is 8.98. The normalized spacial score (nSPS) is 21.4. The van der Waals surface area contributed by atoms with Crippen molar-refractivity contribution in [1.29, 1.82) is 0 Å². The highest BCUT2D eigenvalue weighted by Gasteiger charge is 2.40. The third-order valence-electron chi connectivity index (χ3n) is 3.84. The molecule has 2 aliphatic heterocycles. The number of hydrogen-bond acceptors (Lipinski definition) is 6. The number of aliphatic carboxylic acids is 1. The summed E-state index contributed by atoms with van der Waals surface area (Å²) in [6.07, 6.45) is 0.120. The second-order valence-corrected chi connectivity index (χ2v) is 8.97. The minimum Gasteiger partial charge on any atom is -0.480 e. The zero-order valence-electron chi connectivity index (χ0n) is 17.2. The largest absolute Gasteiger partial charge is 0.480 e. The Morgan fingerprint density at radius 1 is 0.821 bits per heavy atom. The molecule has 2 atom stereocenters. The maximum atomic E-state index is 11.4. The Hall–Kier alpha value is -2.03. The number of rotatable bonds is 2. The average molecular weight is 421 g/mol. The monoisotopic (exact) mass is 420 g/mol. The molecule has 2 saturated heterocycles. The van der Waals surface area contributed by atoms with Gasteiger partial charge < -0.3 is 14.6 Å². The van der Waals surface area contributed by atoms with Crippen LogP contribution in [0.1, 0.15) is 54.4 Å². The Balaban J connectivity index is 0.000000280. The molecular weight excluding hydrogens is 392 g/mol. The molecule has 0 saturated carbocycles. The smallest absolute Gasteiger partial charge is 0.411 e. The molecule has 0 aromatic rings. The van der Waals surface area contributed by atoms with Crippen LogP contribution in [0.5, 0.6) is 0 Å². The molecule has 10 heteroatoms. The van der Waals surface area contributed by atoms with Gasteiger partial charge in [0, 0.05) is 13.1 Å². The quantitative estimate of drug-likeness (QED) is 0.683. The molecule has 0 radical (unpaired) electrons. The summed E-state index contributed by atoms with van der Waals surface area (Å²) in [4.78, 5) is 46.9. The number of halogens is 1. The van der Waals surface area contributed by atoms with E-state index >= 15 is 0 Å². The maximum Gasteiger partial charge on any atom is 0.411 e. The SMILES string of the molecule is CC(C)(C)OC(=O)N1CC[C@@H]1C(=O)Cl.CC(C)(C)OC(=O)N1CC[C@@H]1C(=O)O. The lowest BCUT2D eigenvalue weighted by atomic mass is 10.0. The summed E-state index contributed by atoms with van der Waals surface area (Å²) in [5.41, 5.74) is -1.11. The summed E-state index contributed by atoms with van der Waals surface area (Å²) in [5.74, 6) is -0.970. The van der Waals surface area contributed by atoms with Crippen molar-refractivity contribution in [1.82, 2.24) is 9.80 Å². The highest BCUT2D eigenvalue weighted by molar-refractivity contribution is 6.65. The standard InChI is InChI=1S/C9H14ClNO3.C9H15NO4/c1-9(2,3)14-8(13)11-5-4-6(11)7(10)12;1-9(2,3)14-8(13)10-5-4-6(10)7(11)12/h6H,4-5H2,1-3H3;6H,4-5H2,1-3H3,(H,11,12)/t2*6-/m11/s1. The summed E-state index contributed by atoms with van der Waals surface area (Å²) in [5, 5.41) is 8.20. The van der Waals surface area contributed by atoms with Crippen LogP contribution in [-0.4, -0.2) is 74.7 Å². The predicted molar refractivity (Wildman–Crippen MR) is 101 cm³/mol. The molecule has 2 heterocycles. The lowest BCUT2D eigenvalue weighted by molar-refractivity contribution is -0.147. The first-order valence-corrected chi connectivity index (χ1v) is 9.41. The van der Waals surface area contributed by atoms with Crippen LogP contribution < -0.4 is 0 Å². The second-order valence-electron chi connectivity index (χ2n) is 8.60. The molecule has 28 heavy (non-hydrogen) atoms. The molecule has 2 amide bonds. The van der Waals surface area contributed by atoms with E-state index in [4.69, 9.17) is 26.2 Å². The first-order valence-electron chi connectivity index (χ1n) is 9.04. The van der Waals surface area contributed by atoms with Gasteiger partial charge in [0.15, 0.2) is 0 Å². The van der Waals surface area contributed by atoms with Crippen LogP contribution >= 0.6 is 11.6 Å². The van der Waals surface area contributed by atoms with Gasteiger partial charge in [-0.05, 0) is 66.0 Å². The maximum absolute atomic E-state index is 11.4. The topological polar surface area (TPSA) is 113 Å². The zero-order chi connectivity index (χ0) is 21.9. The van der Waals surface area contributed by atoms with Gasteiger partial charge in [-0.15, -0.1) is 0 Å². The van der Waals surface area contributed by atoms with Crippen LogP contribution in [0.4, 0.5) is 9.59 Å². The van der Waals surface area contributed by atoms with Crippen molar-refractivity contribution < 1.29 is 33.8 Å². The number of ether oxygens (including phenoxy) is 2. The molecular formula is C18H29ClN2O7. The fourth-order valence-electron chi connectivity index (χ4n) is 2.35. The molecule has 160 valence electrons. The van der Waals surface area contributed by atoms with Gasteiger partial charge in [-0.3, -0.25) is 14.6 Å². The summed E-state index contributed by atoms with van der Waals surface area (Å²) < 4.78 is 10.1. The summed E-state index contributed by atoms with van der Waals surface area (Å²) in [6, 6.07) is -1.20. The van der Waals surface area contributed by atoms with Crippen LogP contribution in [0.3, 0.4) is 0 Å². The van der Waals surface area contributed by atoms with Crippen molar-refractivity contribution in [2.45, 2.75) is 77.7 Å². The molecule has 0 unspecified atom stereocenters. The number of hydrogen-bond donors (Lipinski definition) is 1. The molecule has 2 fully saturated rings. The Morgan fingerprint density at radius 2 is 1.18 bits per heavy atom. The molecule has 2 rings (SSSR count). The van der Waals surface area contributed by atoms with Crippen LogP contribution in [0.15, 0.2) is 0 Å². The number of amides is 2. The van der Waals surface area contributed by atoms with E-state index in [-0.39, 0.29) is 0 Å². The van der Waals surface area contributed by atoms with Crippen molar-refractivity contribution in [3.05, 3.63) is 0 Å². The van der Waals surface area contributed by atoms with E-state index in [1.807, 2.05) is 0 Å². The molecule has 0 aromatic carbocycles. The third kappa shape index (κ3) is 7.18. The zero-order valence-corrected chi connectivity index (χ0v) is 17.9. The van der Waals surface area contributed by atoms with Crippen molar-refractivity contribution in [2.24, 2.45) is 0 Å². The van der Waals surface area contributed by atoms with E-state index in [0.717, 1.165) is 0 Å². The van der Waals surface area contributed by atoms with Gasteiger partial charge in [0.2, 0.25) is 5.24 Å². The molecule has 9 nitrogen and oxygen atoms in total. The average Bonchev–Trinajstić information content (AvgIpc) is 2.29. The van der Waals surface area contributed by atoms with Gasteiger partial charge in [0.25, 0.3) is 0 Å². The number of nitrogens with zero attached hydrogens (tertiary/aromatic N) is 2. The highest BCUT2D eigenvalue weighted by atomic mass is 35.5. The van der Waals surface area contributed by atoms with E-state index in [0.29, 0.717) is 25.9 Å². The molecule has 0 bridgehead atoms. The molecule has 0 spiro atoms.